The van der Waals surface area contributed by atoms with Gasteiger partial charge in [0.1, 0.15) is 6.29 Å². The van der Waals surface area contributed by atoms with Crippen molar-refractivity contribution >= 4 is 6.29 Å². The normalized spacial score (nSPS) is 9.64. The third-order valence-corrected chi connectivity index (χ3v) is 1.65. The lowest BCUT2D eigenvalue weighted by Gasteiger charge is -2.01. The van der Waals surface area contributed by atoms with Crippen molar-refractivity contribution < 1.29 is 4.79 Å². The standard InChI is InChI=1S/C9H11NO/c1-7-2-3-8(6-11)9(4-7)5-10/h2-4,6H,5,10H2,1H3. The van der Waals surface area contributed by atoms with Crippen LogP contribution in [0.5, 0.6) is 0 Å². The minimum absolute atomic E-state index is 0.426. The van der Waals surface area contributed by atoms with E-state index in [0.29, 0.717) is 12.1 Å². The van der Waals surface area contributed by atoms with Crippen LogP contribution in [0.25, 0.3) is 0 Å². The Balaban J connectivity index is 3.16. The monoisotopic (exact) mass is 149 g/mol. The highest BCUT2D eigenvalue weighted by Gasteiger charge is 1.97. The topological polar surface area (TPSA) is 43.1 Å². The molecule has 0 aliphatic heterocycles. The molecule has 2 heteroatoms. The molecule has 58 valence electrons. The summed E-state index contributed by atoms with van der Waals surface area (Å²) in [6.45, 7) is 2.41. The van der Waals surface area contributed by atoms with E-state index in [-0.39, 0.29) is 0 Å². The minimum atomic E-state index is 0.426. The van der Waals surface area contributed by atoms with Crippen LogP contribution in [0.15, 0.2) is 18.2 Å². The van der Waals surface area contributed by atoms with Crippen LogP contribution >= 0.6 is 0 Å². The Morgan fingerprint density at radius 3 is 2.82 bits per heavy atom. The molecule has 0 unspecified atom stereocenters. The Labute approximate surface area is 66.0 Å². The average Bonchev–Trinajstić information content (AvgIpc) is 2.04. The first-order valence-corrected chi connectivity index (χ1v) is 3.52. The zero-order valence-corrected chi connectivity index (χ0v) is 6.50. The van der Waals surface area contributed by atoms with Crippen molar-refractivity contribution in [3.05, 3.63) is 34.9 Å². The molecular formula is C9H11NO. The molecule has 1 rings (SSSR count). The second kappa shape index (κ2) is 3.30. The summed E-state index contributed by atoms with van der Waals surface area (Å²) < 4.78 is 0. The van der Waals surface area contributed by atoms with Gasteiger partial charge < -0.3 is 5.73 Å². The first kappa shape index (κ1) is 7.95. The summed E-state index contributed by atoms with van der Waals surface area (Å²) in [5.74, 6) is 0. The fraction of sp³-hybridized carbons (Fsp3) is 0.222. The van der Waals surface area contributed by atoms with E-state index in [2.05, 4.69) is 0 Å². The summed E-state index contributed by atoms with van der Waals surface area (Å²) in [5.41, 5.74) is 8.18. The molecule has 0 radical (unpaired) electrons. The third kappa shape index (κ3) is 1.65. The highest BCUT2D eigenvalue weighted by Crippen LogP contribution is 2.08. The summed E-state index contributed by atoms with van der Waals surface area (Å²) in [4.78, 5) is 10.4. The number of nitrogens with two attached hydrogens (primary N) is 1. The quantitative estimate of drug-likeness (QED) is 0.643. The molecule has 0 aliphatic rings. The molecule has 1 aromatic carbocycles. The van der Waals surface area contributed by atoms with Crippen molar-refractivity contribution in [3.63, 3.8) is 0 Å². The smallest absolute Gasteiger partial charge is 0.150 e. The molecule has 11 heavy (non-hydrogen) atoms. The Morgan fingerprint density at radius 2 is 2.27 bits per heavy atom. The molecule has 2 nitrogen and oxygen atoms in total. The molecule has 0 spiro atoms. The van der Waals surface area contributed by atoms with Gasteiger partial charge in [0.2, 0.25) is 0 Å². The molecule has 0 amide bonds. The van der Waals surface area contributed by atoms with Crippen LogP contribution in [0.1, 0.15) is 21.5 Å². The van der Waals surface area contributed by atoms with Crippen LogP contribution in [-0.2, 0) is 6.54 Å². The van der Waals surface area contributed by atoms with Crippen molar-refractivity contribution in [2.24, 2.45) is 5.73 Å². The lowest BCUT2D eigenvalue weighted by atomic mass is 10.1. The van der Waals surface area contributed by atoms with Crippen LogP contribution in [0.4, 0.5) is 0 Å². The maximum atomic E-state index is 10.4. The van der Waals surface area contributed by atoms with Gasteiger partial charge in [-0.25, -0.2) is 0 Å². The first-order chi connectivity index (χ1) is 5.27. The van der Waals surface area contributed by atoms with Crippen LogP contribution in [0.3, 0.4) is 0 Å². The Kier molecular flexibility index (Phi) is 2.39. The molecule has 0 aromatic heterocycles. The molecule has 0 bridgehead atoms. The predicted octanol–water partition coefficient (Wildman–Crippen LogP) is 1.27. The fourth-order valence-corrected chi connectivity index (χ4v) is 1.03. The minimum Gasteiger partial charge on any atom is -0.326 e. The third-order valence-electron chi connectivity index (χ3n) is 1.65. The lowest BCUT2D eigenvalue weighted by Crippen LogP contribution is -2.00. The van der Waals surface area contributed by atoms with Gasteiger partial charge in [-0.1, -0.05) is 23.8 Å². The number of carbonyl (C=O) groups excluding carboxylic acids is 1. The number of hydrogen-bond acceptors (Lipinski definition) is 2. The highest BCUT2D eigenvalue weighted by atomic mass is 16.1. The van der Waals surface area contributed by atoms with E-state index in [9.17, 15) is 4.79 Å². The SMILES string of the molecule is Cc1ccc(C=O)c(CN)c1. The van der Waals surface area contributed by atoms with Gasteiger partial charge in [0.15, 0.2) is 0 Å². The van der Waals surface area contributed by atoms with Gasteiger partial charge in [-0.15, -0.1) is 0 Å². The summed E-state index contributed by atoms with van der Waals surface area (Å²) in [6, 6.07) is 5.64. The van der Waals surface area contributed by atoms with E-state index in [0.717, 1.165) is 17.4 Å². The van der Waals surface area contributed by atoms with Crippen molar-refractivity contribution in [2.45, 2.75) is 13.5 Å². The maximum absolute atomic E-state index is 10.4. The number of hydrogen-bond donors (Lipinski definition) is 1. The van der Waals surface area contributed by atoms with Gasteiger partial charge >= 0.3 is 0 Å². The van der Waals surface area contributed by atoms with Gasteiger partial charge in [0, 0.05) is 12.1 Å². The molecule has 0 saturated carbocycles. The molecule has 0 atom stereocenters. The van der Waals surface area contributed by atoms with E-state index in [1.807, 2.05) is 19.1 Å². The lowest BCUT2D eigenvalue weighted by molar-refractivity contribution is 0.112. The van der Waals surface area contributed by atoms with Crippen molar-refractivity contribution in [1.82, 2.24) is 0 Å². The van der Waals surface area contributed by atoms with Crippen LogP contribution in [0, 0.1) is 6.92 Å². The van der Waals surface area contributed by atoms with Crippen LogP contribution < -0.4 is 5.73 Å². The van der Waals surface area contributed by atoms with Gasteiger partial charge in [-0.3, -0.25) is 4.79 Å². The van der Waals surface area contributed by atoms with E-state index in [1.165, 1.54) is 0 Å². The molecule has 0 saturated heterocycles. The van der Waals surface area contributed by atoms with Gasteiger partial charge in [0.25, 0.3) is 0 Å². The Hall–Kier alpha value is -1.15. The van der Waals surface area contributed by atoms with Crippen LogP contribution in [-0.4, -0.2) is 6.29 Å². The number of benzene rings is 1. The number of aryl methyl sites for hydroxylation is 1. The predicted molar refractivity (Wildman–Crippen MR) is 44.5 cm³/mol. The zero-order chi connectivity index (χ0) is 8.27. The number of carbonyl (C=O) groups is 1. The number of aldehydes is 1. The molecule has 0 heterocycles. The second-order valence-corrected chi connectivity index (χ2v) is 2.52. The first-order valence-electron chi connectivity index (χ1n) is 3.52. The summed E-state index contributed by atoms with van der Waals surface area (Å²) >= 11 is 0. The molecule has 2 N–H and O–H groups in total. The average molecular weight is 149 g/mol. The fourth-order valence-electron chi connectivity index (χ4n) is 1.03. The van der Waals surface area contributed by atoms with E-state index < -0.39 is 0 Å². The van der Waals surface area contributed by atoms with E-state index >= 15 is 0 Å². The van der Waals surface area contributed by atoms with E-state index in [1.54, 1.807) is 6.07 Å². The summed E-state index contributed by atoms with van der Waals surface area (Å²) in [7, 11) is 0. The number of rotatable bonds is 2. The van der Waals surface area contributed by atoms with Gasteiger partial charge in [-0.05, 0) is 12.5 Å². The zero-order valence-electron chi connectivity index (χ0n) is 6.50. The van der Waals surface area contributed by atoms with Crippen molar-refractivity contribution in [3.8, 4) is 0 Å². The van der Waals surface area contributed by atoms with Gasteiger partial charge in [-0.2, -0.15) is 0 Å². The molecule has 0 aliphatic carbocycles. The summed E-state index contributed by atoms with van der Waals surface area (Å²) in [5, 5.41) is 0. The second-order valence-electron chi connectivity index (χ2n) is 2.52. The highest BCUT2D eigenvalue weighted by molar-refractivity contribution is 5.77. The van der Waals surface area contributed by atoms with Gasteiger partial charge in [0.05, 0.1) is 0 Å². The van der Waals surface area contributed by atoms with Crippen molar-refractivity contribution in [1.29, 1.82) is 0 Å². The molecular weight excluding hydrogens is 138 g/mol. The summed E-state index contributed by atoms with van der Waals surface area (Å²) in [6.07, 6.45) is 0.835. The Bertz CT molecular complexity index is 268. The Morgan fingerprint density at radius 1 is 1.55 bits per heavy atom. The largest absolute Gasteiger partial charge is 0.326 e. The van der Waals surface area contributed by atoms with E-state index in [4.69, 9.17) is 5.73 Å². The van der Waals surface area contributed by atoms with Crippen LogP contribution in [0.2, 0.25) is 0 Å². The van der Waals surface area contributed by atoms with Crippen molar-refractivity contribution in [2.75, 3.05) is 0 Å². The molecule has 0 fully saturated rings. The molecule has 1 aromatic rings. The maximum Gasteiger partial charge on any atom is 0.150 e.